The van der Waals surface area contributed by atoms with Crippen LogP contribution in [0.1, 0.15) is 24.4 Å². The third-order valence-corrected chi connectivity index (χ3v) is 3.09. The number of nitro groups is 1. The molecule has 100 valence electrons. The van der Waals surface area contributed by atoms with Crippen molar-refractivity contribution in [2.24, 2.45) is 0 Å². The maximum atomic E-state index is 10.8. The van der Waals surface area contributed by atoms with Crippen LogP contribution in [0.25, 0.3) is 0 Å². The molecule has 0 aliphatic rings. The van der Waals surface area contributed by atoms with E-state index in [4.69, 9.17) is 0 Å². The van der Waals surface area contributed by atoms with Crippen LogP contribution in [0.4, 0.5) is 5.69 Å². The molecule has 1 atom stereocenters. The first-order chi connectivity index (χ1) is 9.08. The molecule has 0 saturated heterocycles. The van der Waals surface area contributed by atoms with E-state index in [1.807, 2.05) is 24.9 Å². The molecular weight excluding hydrogens is 246 g/mol. The van der Waals surface area contributed by atoms with Crippen molar-refractivity contribution in [3.63, 3.8) is 0 Å². The van der Waals surface area contributed by atoms with Crippen LogP contribution in [0.15, 0.2) is 30.6 Å². The maximum absolute atomic E-state index is 10.8. The lowest BCUT2D eigenvalue weighted by Gasteiger charge is -2.23. The Morgan fingerprint density at radius 1 is 1.53 bits per heavy atom. The maximum Gasteiger partial charge on any atom is 0.269 e. The van der Waals surface area contributed by atoms with Crippen LogP contribution in [0.5, 0.6) is 0 Å². The summed E-state index contributed by atoms with van der Waals surface area (Å²) in [6.45, 7) is 2.60. The molecule has 1 aromatic heterocycles. The zero-order valence-corrected chi connectivity index (χ0v) is 10.8. The summed E-state index contributed by atoms with van der Waals surface area (Å²) < 4.78 is 0. The predicted octanol–water partition coefficient (Wildman–Crippen LogP) is 1.91. The summed E-state index contributed by atoms with van der Waals surface area (Å²) in [5.41, 5.74) is 1.01. The van der Waals surface area contributed by atoms with Crippen LogP contribution in [-0.2, 0) is 6.54 Å². The molecule has 1 heterocycles. The lowest BCUT2D eigenvalue weighted by Crippen LogP contribution is -2.22. The molecule has 0 spiro atoms. The highest BCUT2D eigenvalue weighted by Gasteiger charge is 2.15. The second kappa shape index (κ2) is 5.57. The van der Waals surface area contributed by atoms with Crippen molar-refractivity contribution in [3.8, 4) is 0 Å². The standard InChI is InChI=1S/C12H15N5O2/c1-9(16(2)7-12-13-8-14-15-12)10-4-3-5-11(6-10)17(18)19/h3-6,8-9H,7H2,1-2H3,(H,13,14,15)/t9-/m1/s1. The summed E-state index contributed by atoms with van der Waals surface area (Å²) in [5, 5.41) is 17.4. The Morgan fingerprint density at radius 2 is 2.32 bits per heavy atom. The minimum Gasteiger partial charge on any atom is -0.292 e. The van der Waals surface area contributed by atoms with E-state index in [0.29, 0.717) is 6.54 Å². The van der Waals surface area contributed by atoms with E-state index in [-0.39, 0.29) is 16.7 Å². The molecule has 2 rings (SSSR count). The Labute approximate surface area is 110 Å². The van der Waals surface area contributed by atoms with Crippen molar-refractivity contribution in [2.45, 2.75) is 19.5 Å². The van der Waals surface area contributed by atoms with Gasteiger partial charge >= 0.3 is 0 Å². The van der Waals surface area contributed by atoms with E-state index in [1.165, 1.54) is 12.4 Å². The first-order valence-electron chi connectivity index (χ1n) is 5.86. The van der Waals surface area contributed by atoms with Crippen molar-refractivity contribution >= 4 is 5.69 Å². The van der Waals surface area contributed by atoms with Crippen LogP contribution in [0.2, 0.25) is 0 Å². The minimum atomic E-state index is -0.382. The molecule has 19 heavy (non-hydrogen) atoms. The van der Waals surface area contributed by atoms with Crippen LogP contribution < -0.4 is 0 Å². The molecule has 7 heteroatoms. The molecule has 0 saturated carbocycles. The number of hydrogen-bond donors (Lipinski definition) is 1. The molecule has 0 aliphatic carbocycles. The topological polar surface area (TPSA) is 87.9 Å². The van der Waals surface area contributed by atoms with Gasteiger partial charge in [-0.3, -0.25) is 20.1 Å². The number of nitrogens with zero attached hydrogens (tertiary/aromatic N) is 4. The summed E-state index contributed by atoms with van der Waals surface area (Å²) >= 11 is 0. The molecule has 0 radical (unpaired) electrons. The fourth-order valence-electron chi connectivity index (χ4n) is 1.83. The molecule has 0 unspecified atom stereocenters. The third-order valence-electron chi connectivity index (χ3n) is 3.09. The van der Waals surface area contributed by atoms with E-state index < -0.39 is 0 Å². The van der Waals surface area contributed by atoms with E-state index >= 15 is 0 Å². The van der Waals surface area contributed by atoms with Crippen molar-refractivity contribution < 1.29 is 4.92 Å². The van der Waals surface area contributed by atoms with E-state index in [9.17, 15) is 10.1 Å². The summed E-state index contributed by atoms with van der Waals surface area (Å²) in [6.07, 6.45) is 1.46. The fraction of sp³-hybridized carbons (Fsp3) is 0.333. The molecule has 0 aliphatic heterocycles. The molecule has 2 aromatic rings. The molecule has 1 aromatic carbocycles. The molecule has 0 bridgehead atoms. The highest BCUT2D eigenvalue weighted by Crippen LogP contribution is 2.23. The minimum absolute atomic E-state index is 0.0463. The summed E-state index contributed by atoms with van der Waals surface area (Å²) in [4.78, 5) is 16.5. The summed E-state index contributed by atoms with van der Waals surface area (Å²) in [5.74, 6) is 0.764. The summed E-state index contributed by atoms with van der Waals surface area (Å²) in [7, 11) is 1.94. The quantitative estimate of drug-likeness (QED) is 0.656. The van der Waals surface area contributed by atoms with E-state index in [2.05, 4.69) is 15.2 Å². The number of aromatic nitrogens is 3. The summed E-state index contributed by atoms with van der Waals surface area (Å²) in [6, 6.07) is 6.72. The molecular formula is C12H15N5O2. The van der Waals surface area contributed by atoms with Gasteiger partial charge in [0.1, 0.15) is 12.2 Å². The lowest BCUT2D eigenvalue weighted by atomic mass is 10.1. The van der Waals surface area contributed by atoms with Crippen molar-refractivity contribution in [2.75, 3.05) is 7.05 Å². The van der Waals surface area contributed by atoms with E-state index in [1.54, 1.807) is 12.1 Å². The third kappa shape index (κ3) is 3.14. The van der Waals surface area contributed by atoms with Crippen molar-refractivity contribution in [3.05, 3.63) is 52.1 Å². The van der Waals surface area contributed by atoms with E-state index in [0.717, 1.165) is 11.4 Å². The van der Waals surface area contributed by atoms with Gasteiger partial charge in [0.25, 0.3) is 5.69 Å². The van der Waals surface area contributed by atoms with Gasteiger partial charge in [0.15, 0.2) is 0 Å². The normalized spacial score (nSPS) is 12.6. The largest absolute Gasteiger partial charge is 0.292 e. The number of nitrogens with one attached hydrogen (secondary N) is 1. The smallest absolute Gasteiger partial charge is 0.269 e. The van der Waals surface area contributed by atoms with Gasteiger partial charge in [-0.25, -0.2) is 4.98 Å². The zero-order valence-electron chi connectivity index (χ0n) is 10.8. The Balaban J connectivity index is 2.12. The Hall–Kier alpha value is -2.28. The molecule has 1 N–H and O–H groups in total. The van der Waals surface area contributed by atoms with Crippen LogP contribution in [0, 0.1) is 10.1 Å². The zero-order chi connectivity index (χ0) is 13.8. The Bertz CT molecular complexity index is 555. The number of hydrogen-bond acceptors (Lipinski definition) is 5. The second-order valence-electron chi connectivity index (χ2n) is 4.38. The number of rotatable bonds is 5. The number of nitro benzene ring substituents is 1. The first kappa shape index (κ1) is 13.2. The van der Waals surface area contributed by atoms with Crippen LogP contribution in [0.3, 0.4) is 0 Å². The molecule has 0 amide bonds. The van der Waals surface area contributed by atoms with Crippen molar-refractivity contribution in [1.29, 1.82) is 0 Å². The van der Waals surface area contributed by atoms with Gasteiger partial charge in [0, 0.05) is 18.2 Å². The highest BCUT2D eigenvalue weighted by atomic mass is 16.6. The average molecular weight is 261 g/mol. The number of H-pyrrole nitrogens is 1. The second-order valence-corrected chi connectivity index (χ2v) is 4.38. The first-order valence-corrected chi connectivity index (χ1v) is 5.86. The lowest BCUT2D eigenvalue weighted by molar-refractivity contribution is -0.384. The Kier molecular flexibility index (Phi) is 3.86. The van der Waals surface area contributed by atoms with Crippen LogP contribution >= 0.6 is 0 Å². The number of aromatic amines is 1. The van der Waals surface area contributed by atoms with Crippen LogP contribution in [-0.4, -0.2) is 32.1 Å². The number of benzene rings is 1. The van der Waals surface area contributed by atoms with Gasteiger partial charge in [-0.15, -0.1) is 0 Å². The fourth-order valence-corrected chi connectivity index (χ4v) is 1.83. The monoisotopic (exact) mass is 261 g/mol. The van der Waals surface area contributed by atoms with Gasteiger partial charge < -0.3 is 0 Å². The molecule has 7 nitrogen and oxygen atoms in total. The van der Waals surface area contributed by atoms with Gasteiger partial charge in [-0.05, 0) is 19.5 Å². The predicted molar refractivity (Wildman–Crippen MR) is 69.4 cm³/mol. The van der Waals surface area contributed by atoms with Gasteiger partial charge in [0.2, 0.25) is 0 Å². The van der Waals surface area contributed by atoms with Gasteiger partial charge in [-0.1, -0.05) is 12.1 Å². The van der Waals surface area contributed by atoms with Crippen molar-refractivity contribution in [1.82, 2.24) is 20.1 Å². The highest BCUT2D eigenvalue weighted by molar-refractivity contribution is 5.35. The Morgan fingerprint density at radius 3 is 2.95 bits per heavy atom. The SMILES string of the molecule is C[C@H](c1cccc([N+](=O)[O-])c1)N(C)Cc1ncn[nH]1. The van der Waals surface area contributed by atoms with Gasteiger partial charge in [0.05, 0.1) is 11.5 Å². The average Bonchev–Trinajstić information content (AvgIpc) is 2.90. The van der Waals surface area contributed by atoms with Gasteiger partial charge in [-0.2, -0.15) is 5.10 Å². The number of non-ortho nitro benzene ring substituents is 1. The molecule has 0 fully saturated rings.